The molecule has 0 saturated heterocycles. The topological polar surface area (TPSA) is 25.8 Å². The van der Waals surface area contributed by atoms with E-state index in [-0.39, 0.29) is 0 Å². The molecule has 0 fully saturated rings. The molecule has 2 nitrogen and oxygen atoms in total. The molecule has 1 heterocycles. The summed E-state index contributed by atoms with van der Waals surface area (Å²) in [5.41, 5.74) is 9.64. The molecule has 6 aromatic rings. The summed E-state index contributed by atoms with van der Waals surface area (Å²) >= 11 is 3.54. The van der Waals surface area contributed by atoms with Crippen LogP contribution >= 0.6 is 15.9 Å². The first-order chi connectivity index (χ1) is 18.2. The second-order valence-electron chi connectivity index (χ2n) is 8.86. The third-order valence-electron chi connectivity index (χ3n) is 6.40. The lowest BCUT2D eigenvalue weighted by atomic mass is 10.0. The molecule has 0 bridgehead atoms. The van der Waals surface area contributed by atoms with Crippen molar-refractivity contribution in [2.24, 2.45) is 0 Å². The third kappa shape index (κ3) is 5.13. The van der Waals surface area contributed by atoms with Crippen molar-refractivity contribution >= 4 is 15.9 Å². The quantitative estimate of drug-likeness (QED) is 0.218. The van der Waals surface area contributed by atoms with Crippen LogP contribution < -0.4 is 0 Å². The predicted molar refractivity (Wildman–Crippen MR) is 157 cm³/mol. The van der Waals surface area contributed by atoms with E-state index in [0.29, 0.717) is 5.82 Å². The summed E-state index contributed by atoms with van der Waals surface area (Å²) in [6.07, 6.45) is 0. The molecule has 0 aliphatic carbocycles. The maximum atomic E-state index is 5.00. The van der Waals surface area contributed by atoms with Gasteiger partial charge in [-0.05, 0) is 40.5 Å². The van der Waals surface area contributed by atoms with Crippen LogP contribution in [0.15, 0.2) is 144 Å². The Labute approximate surface area is 225 Å². The Morgan fingerprint density at radius 2 is 0.703 bits per heavy atom. The van der Waals surface area contributed by atoms with E-state index >= 15 is 0 Å². The molecule has 3 heteroatoms. The number of hydrogen-bond donors (Lipinski definition) is 0. The van der Waals surface area contributed by atoms with Gasteiger partial charge >= 0.3 is 0 Å². The van der Waals surface area contributed by atoms with E-state index in [9.17, 15) is 0 Å². The Bertz CT molecular complexity index is 1520. The minimum absolute atomic E-state index is 0.710. The molecule has 5 aromatic carbocycles. The van der Waals surface area contributed by atoms with Crippen molar-refractivity contribution in [3.63, 3.8) is 0 Å². The zero-order chi connectivity index (χ0) is 25.0. The van der Waals surface area contributed by atoms with E-state index in [1.165, 1.54) is 22.3 Å². The average Bonchev–Trinajstić information content (AvgIpc) is 2.98. The van der Waals surface area contributed by atoms with Gasteiger partial charge in [0.25, 0.3) is 0 Å². The number of benzene rings is 5. The van der Waals surface area contributed by atoms with Crippen LogP contribution in [0.4, 0.5) is 0 Å². The zero-order valence-electron chi connectivity index (χ0n) is 20.1. The fraction of sp³-hybridized carbons (Fsp3) is 0. The zero-order valence-corrected chi connectivity index (χ0v) is 21.6. The van der Waals surface area contributed by atoms with E-state index < -0.39 is 0 Å². The van der Waals surface area contributed by atoms with E-state index in [0.717, 1.165) is 32.6 Å². The first-order valence-corrected chi connectivity index (χ1v) is 13.0. The lowest BCUT2D eigenvalue weighted by molar-refractivity contribution is 1.18. The summed E-state index contributed by atoms with van der Waals surface area (Å²) in [5.74, 6) is 0.710. The molecule has 0 atom stereocenters. The van der Waals surface area contributed by atoms with Crippen LogP contribution in [-0.2, 0) is 0 Å². The minimum Gasteiger partial charge on any atom is -0.228 e. The van der Waals surface area contributed by atoms with Gasteiger partial charge in [0.05, 0.1) is 11.4 Å². The van der Waals surface area contributed by atoms with Crippen molar-refractivity contribution < 1.29 is 0 Å². The second-order valence-corrected chi connectivity index (χ2v) is 9.77. The van der Waals surface area contributed by atoms with Crippen molar-refractivity contribution in [2.45, 2.75) is 0 Å². The lowest BCUT2D eigenvalue weighted by Gasteiger charge is -2.11. The van der Waals surface area contributed by atoms with Gasteiger partial charge in [0.2, 0.25) is 0 Å². The fourth-order valence-corrected chi connectivity index (χ4v) is 4.66. The van der Waals surface area contributed by atoms with Gasteiger partial charge in [-0.1, -0.05) is 137 Å². The van der Waals surface area contributed by atoms with E-state index in [1.807, 2.05) is 24.3 Å². The monoisotopic (exact) mass is 538 g/mol. The molecule has 176 valence electrons. The fourth-order valence-electron chi connectivity index (χ4n) is 4.40. The molecule has 0 spiro atoms. The second kappa shape index (κ2) is 10.3. The number of nitrogens with zero attached hydrogens (tertiary/aromatic N) is 2. The Hall–Kier alpha value is -4.34. The van der Waals surface area contributed by atoms with Gasteiger partial charge in [0, 0.05) is 21.2 Å². The van der Waals surface area contributed by atoms with Crippen LogP contribution in [0.2, 0.25) is 0 Å². The summed E-state index contributed by atoms with van der Waals surface area (Å²) in [4.78, 5) is 9.97. The molecule has 0 aliphatic heterocycles. The van der Waals surface area contributed by atoms with Crippen LogP contribution in [0.1, 0.15) is 0 Å². The van der Waals surface area contributed by atoms with Crippen LogP contribution in [0.25, 0.3) is 56.2 Å². The highest BCUT2D eigenvalue weighted by Crippen LogP contribution is 2.30. The van der Waals surface area contributed by atoms with E-state index in [2.05, 4.69) is 131 Å². The molecule has 0 amide bonds. The summed E-state index contributed by atoms with van der Waals surface area (Å²) in [6.45, 7) is 0. The van der Waals surface area contributed by atoms with Gasteiger partial charge in [0.15, 0.2) is 5.82 Å². The first-order valence-electron chi connectivity index (χ1n) is 12.2. The van der Waals surface area contributed by atoms with Crippen molar-refractivity contribution in [3.05, 3.63) is 144 Å². The molecule has 0 N–H and O–H groups in total. The SMILES string of the molecule is Brc1ccc(-c2cc(-c3ccc(-c4ccccc4)cc3)nc(-c3ccc(-c4ccccc4)cc3)n2)cc1. The predicted octanol–water partition coefficient (Wildman–Crippen LogP) is 9.57. The van der Waals surface area contributed by atoms with Gasteiger partial charge in [0.1, 0.15) is 0 Å². The number of halogens is 1. The van der Waals surface area contributed by atoms with Gasteiger partial charge in [-0.2, -0.15) is 0 Å². The molecule has 0 unspecified atom stereocenters. The van der Waals surface area contributed by atoms with Gasteiger partial charge in [-0.25, -0.2) is 9.97 Å². The molecule has 0 radical (unpaired) electrons. The highest BCUT2D eigenvalue weighted by atomic mass is 79.9. The summed E-state index contributed by atoms with van der Waals surface area (Å²) < 4.78 is 1.04. The van der Waals surface area contributed by atoms with E-state index in [4.69, 9.17) is 9.97 Å². The number of hydrogen-bond acceptors (Lipinski definition) is 2. The van der Waals surface area contributed by atoms with Crippen LogP contribution in [-0.4, -0.2) is 9.97 Å². The molecule has 0 aliphatic rings. The van der Waals surface area contributed by atoms with Crippen molar-refractivity contribution in [1.29, 1.82) is 0 Å². The average molecular weight is 539 g/mol. The smallest absolute Gasteiger partial charge is 0.160 e. The van der Waals surface area contributed by atoms with Crippen LogP contribution in [0.5, 0.6) is 0 Å². The minimum atomic E-state index is 0.710. The highest BCUT2D eigenvalue weighted by Gasteiger charge is 2.11. The maximum Gasteiger partial charge on any atom is 0.160 e. The lowest BCUT2D eigenvalue weighted by Crippen LogP contribution is -1.96. The van der Waals surface area contributed by atoms with Crippen molar-refractivity contribution in [1.82, 2.24) is 9.97 Å². The van der Waals surface area contributed by atoms with Crippen molar-refractivity contribution in [3.8, 4) is 56.2 Å². The third-order valence-corrected chi connectivity index (χ3v) is 6.93. The van der Waals surface area contributed by atoms with Crippen LogP contribution in [0.3, 0.4) is 0 Å². The molecule has 0 saturated carbocycles. The number of rotatable bonds is 5. The molecular weight excluding hydrogens is 516 g/mol. The molecule has 6 rings (SSSR count). The summed E-state index contributed by atoms with van der Waals surface area (Å²) in [6, 6.07) is 48.2. The Morgan fingerprint density at radius 3 is 1.16 bits per heavy atom. The summed E-state index contributed by atoms with van der Waals surface area (Å²) in [7, 11) is 0. The van der Waals surface area contributed by atoms with E-state index in [1.54, 1.807) is 0 Å². The van der Waals surface area contributed by atoms with Crippen molar-refractivity contribution in [2.75, 3.05) is 0 Å². The normalized spacial score (nSPS) is 10.8. The maximum absolute atomic E-state index is 5.00. The Kier molecular flexibility index (Phi) is 6.45. The molecule has 37 heavy (non-hydrogen) atoms. The molecule has 1 aromatic heterocycles. The standard InChI is InChI=1S/C34H23BrN2/c35-31-21-19-29(20-22-31)33-23-32(28-15-11-26(12-16-28)24-7-3-1-4-8-24)36-34(37-33)30-17-13-27(14-18-30)25-9-5-2-6-10-25/h1-23H. The van der Waals surface area contributed by atoms with Gasteiger partial charge in [-0.3, -0.25) is 0 Å². The molecular formula is C34H23BrN2. The van der Waals surface area contributed by atoms with Crippen LogP contribution in [0, 0.1) is 0 Å². The highest BCUT2D eigenvalue weighted by molar-refractivity contribution is 9.10. The Morgan fingerprint density at radius 1 is 0.351 bits per heavy atom. The largest absolute Gasteiger partial charge is 0.228 e. The van der Waals surface area contributed by atoms with Gasteiger partial charge in [-0.15, -0.1) is 0 Å². The summed E-state index contributed by atoms with van der Waals surface area (Å²) in [5, 5.41) is 0. The Balaban J connectivity index is 1.42. The van der Waals surface area contributed by atoms with Gasteiger partial charge < -0.3 is 0 Å². The first kappa shape index (κ1) is 23.1. The number of aromatic nitrogens is 2.